The molecule has 2 heterocycles. The van der Waals surface area contributed by atoms with Crippen LogP contribution in [0.2, 0.25) is 0 Å². The Balaban J connectivity index is 1.30. The molecule has 2 fully saturated rings. The highest BCUT2D eigenvalue weighted by Gasteiger charge is 2.52. The zero-order chi connectivity index (χ0) is 26.8. The Hall–Kier alpha value is -3.47. The Kier molecular flexibility index (Phi) is 9.69. The number of amides is 3. The van der Waals surface area contributed by atoms with Crippen molar-refractivity contribution in [3.05, 3.63) is 60.2 Å². The first-order valence-electron chi connectivity index (χ1n) is 13.2. The van der Waals surface area contributed by atoms with Gasteiger partial charge in [-0.1, -0.05) is 31.0 Å². The van der Waals surface area contributed by atoms with Crippen molar-refractivity contribution < 1.29 is 28.6 Å². The lowest BCUT2D eigenvalue weighted by molar-refractivity contribution is -0.152. The maximum absolute atomic E-state index is 13.1. The molecule has 204 valence electrons. The van der Waals surface area contributed by atoms with E-state index >= 15 is 0 Å². The first-order chi connectivity index (χ1) is 18.5. The average molecular weight is 525 g/mol. The van der Waals surface area contributed by atoms with E-state index in [4.69, 9.17) is 19.9 Å². The standard InChI is InChI=1S/C28H36N4O6/c29-14-6-1-2-7-15-30-27(35)24-18-28(36-16-17-37-28)20-32(24)25(33)19-31-26(34)21-10-12-23(13-11-21)38-22-8-4-3-5-9-22/h3-5,8-13,24H,1-2,6-7,14-20,29H2,(H,30,35)(H,31,34). The van der Waals surface area contributed by atoms with Crippen LogP contribution in [0.4, 0.5) is 0 Å². The molecule has 0 bridgehead atoms. The van der Waals surface area contributed by atoms with Crippen molar-refractivity contribution in [2.24, 2.45) is 5.73 Å². The Morgan fingerprint density at radius 2 is 1.61 bits per heavy atom. The van der Waals surface area contributed by atoms with Crippen LogP contribution in [0.15, 0.2) is 54.6 Å². The average Bonchev–Trinajstić information content (AvgIpc) is 3.56. The fraction of sp³-hybridized carbons (Fsp3) is 0.464. The Labute approximate surface area is 222 Å². The summed E-state index contributed by atoms with van der Waals surface area (Å²) in [4.78, 5) is 40.2. The number of carbonyl (C=O) groups is 3. The lowest BCUT2D eigenvalue weighted by Crippen LogP contribution is -2.49. The Bertz CT molecular complexity index is 1070. The van der Waals surface area contributed by atoms with Gasteiger partial charge in [0.15, 0.2) is 5.79 Å². The van der Waals surface area contributed by atoms with E-state index in [2.05, 4.69) is 10.6 Å². The van der Waals surface area contributed by atoms with Crippen molar-refractivity contribution >= 4 is 17.7 Å². The van der Waals surface area contributed by atoms with Crippen molar-refractivity contribution in [1.29, 1.82) is 0 Å². The topological polar surface area (TPSA) is 132 Å². The molecule has 0 saturated carbocycles. The number of nitrogens with one attached hydrogen (secondary N) is 2. The van der Waals surface area contributed by atoms with Gasteiger partial charge in [-0.25, -0.2) is 0 Å². The number of carbonyl (C=O) groups excluding carboxylic acids is 3. The highest BCUT2D eigenvalue weighted by molar-refractivity contribution is 5.97. The highest BCUT2D eigenvalue weighted by atomic mass is 16.7. The Morgan fingerprint density at radius 3 is 2.32 bits per heavy atom. The zero-order valence-electron chi connectivity index (χ0n) is 21.5. The van der Waals surface area contributed by atoms with Crippen molar-refractivity contribution in [3.8, 4) is 11.5 Å². The second-order valence-electron chi connectivity index (χ2n) is 9.47. The summed E-state index contributed by atoms with van der Waals surface area (Å²) in [7, 11) is 0. The molecule has 38 heavy (non-hydrogen) atoms. The number of para-hydroxylation sites is 1. The second kappa shape index (κ2) is 13.4. The maximum atomic E-state index is 13.1. The summed E-state index contributed by atoms with van der Waals surface area (Å²) in [6.07, 6.45) is 4.07. The van der Waals surface area contributed by atoms with E-state index in [-0.39, 0.29) is 31.3 Å². The minimum Gasteiger partial charge on any atom is -0.457 e. The van der Waals surface area contributed by atoms with Gasteiger partial charge in [0.25, 0.3) is 5.91 Å². The van der Waals surface area contributed by atoms with Crippen LogP contribution >= 0.6 is 0 Å². The van der Waals surface area contributed by atoms with Crippen LogP contribution in [0.1, 0.15) is 42.5 Å². The molecule has 4 N–H and O–H groups in total. The van der Waals surface area contributed by atoms with Gasteiger partial charge in [0.1, 0.15) is 17.5 Å². The van der Waals surface area contributed by atoms with Gasteiger partial charge in [-0.15, -0.1) is 0 Å². The van der Waals surface area contributed by atoms with Crippen LogP contribution in [0.3, 0.4) is 0 Å². The van der Waals surface area contributed by atoms with Gasteiger partial charge in [-0.05, 0) is 55.8 Å². The van der Waals surface area contributed by atoms with Crippen LogP contribution in [0.25, 0.3) is 0 Å². The maximum Gasteiger partial charge on any atom is 0.251 e. The van der Waals surface area contributed by atoms with Gasteiger partial charge in [-0.3, -0.25) is 14.4 Å². The number of ether oxygens (including phenoxy) is 3. The SMILES string of the molecule is NCCCCCCNC(=O)C1CC2(CN1C(=O)CNC(=O)c1ccc(Oc3ccccc3)cc1)OCCO2. The normalized spacial score (nSPS) is 17.9. The lowest BCUT2D eigenvalue weighted by atomic mass is 10.1. The summed E-state index contributed by atoms with van der Waals surface area (Å²) in [6, 6.07) is 15.3. The summed E-state index contributed by atoms with van der Waals surface area (Å²) in [5.74, 6) is -0.701. The number of rotatable bonds is 12. The van der Waals surface area contributed by atoms with Crippen molar-refractivity contribution in [1.82, 2.24) is 15.5 Å². The van der Waals surface area contributed by atoms with Crippen molar-refractivity contribution in [3.63, 3.8) is 0 Å². The van der Waals surface area contributed by atoms with Crippen LogP contribution in [0, 0.1) is 0 Å². The highest BCUT2D eigenvalue weighted by Crippen LogP contribution is 2.35. The fourth-order valence-electron chi connectivity index (χ4n) is 4.65. The van der Waals surface area contributed by atoms with Crippen LogP contribution < -0.4 is 21.1 Å². The molecule has 2 saturated heterocycles. The van der Waals surface area contributed by atoms with Crippen molar-refractivity contribution in [2.45, 2.75) is 43.9 Å². The van der Waals surface area contributed by atoms with Crippen LogP contribution in [-0.2, 0) is 19.1 Å². The molecule has 0 aromatic heterocycles. The summed E-state index contributed by atoms with van der Waals surface area (Å²) >= 11 is 0. The largest absolute Gasteiger partial charge is 0.457 e. The molecule has 2 aliphatic rings. The lowest BCUT2D eigenvalue weighted by Gasteiger charge is -2.24. The number of nitrogens with two attached hydrogens (primary N) is 1. The van der Waals surface area contributed by atoms with Crippen LogP contribution in [0.5, 0.6) is 11.5 Å². The first-order valence-corrected chi connectivity index (χ1v) is 13.2. The molecule has 10 nitrogen and oxygen atoms in total. The second-order valence-corrected chi connectivity index (χ2v) is 9.47. The minimum absolute atomic E-state index is 0.141. The quantitative estimate of drug-likeness (QED) is 0.363. The number of unbranched alkanes of at least 4 members (excludes halogenated alkanes) is 3. The monoisotopic (exact) mass is 524 g/mol. The van der Waals surface area contributed by atoms with E-state index in [0.29, 0.717) is 43.4 Å². The molecular weight excluding hydrogens is 488 g/mol. The van der Waals surface area contributed by atoms with E-state index in [0.717, 1.165) is 25.7 Å². The van der Waals surface area contributed by atoms with Gasteiger partial charge in [0.05, 0.1) is 26.3 Å². The van der Waals surface area contributed by atoms with E-state index in [9.17, 15) is 14.4 Å². The van der Waals surface area contributed by atoms with E-state index in [1.54, 1.807) is 24.3 Å². The molecule has 3 amide bonds. The predicted molar refractivity (Wildman–Crippen MR) is 141 cm³/mol. The Morgan fingerprint density at radius 1 is 0.921 bits per heavy atom. The van der Waals surface area contributed by atoms with Gasteiger partial charge < -0.3 is 35.5 Å². The summed E-state index contributed by atoms with van der Waals surface area (Å²) in [5, 5.41) is 5.59. The molecule has 0 radical (unpaired) electrons. The number of hydrogen-bond acceptors (Lipinski definition) is 7. The number of likely N-dealkylation sites (tertiary alicyclic amines) is 1. The van der Waals surface area contributed by atoms with E-state index in [1.807, 2.05) is 30.3 Å². The van der Waals surface area contributed by atoms with Crippen molar-refractivity contribution in [2.75, 3.05) is 39.4 Å². The van der Waals surface area contributed by atoms with Gasteiger partial charge in [0, 0.05) is 18.5 Å². The molecule has 1 spiro atoms. The first kappa shape index (κ1) is 27.6. The van der Waals surface area contributed by atoms with Gasteiger partial charge >= 0.3 is 0 Å². The molecular formula is C28H36N4O6. The van der Waals surface area contributed by atoms with Crippen LogP contribution in [-0.4, -0.2) is 73.8 Å². The summed E-state index contributed by atoms with van der Waals surface area (Å²) < 4.78 is 17.3. The van der Waals surface area contributed by atoms with Gasteiger partial charge in [-0.2, -0.15) is 0 Å². The number of nitrogens with zero attached hydrogens (tertiary/aromatic N) is 1. The zero-order valence-corrected chi connectivity index (χ0v) is 21.5. The summed E-state index contributed by atoms with van der Waals surface area (Å²) in [6.45, 7) is 1.91. The number of hydrogen-bond donors (Lipinski definition) is 3. The third kappa shape index (κ3) is 7.31. The molecule has 0 aliphatic carbocycles. The third-order valence-electron chi connectivity index (χ3n) is 6.65. The van der Waals surface area contributed by atoms with E-state index < -0.39 is 17.7 Å². The molecule has 10 heteroatoms. The fourth-order valence-corrected chi connectivity index (χ4v) is 4.65. The molecule has 2 aromatic carbocycles. The molecule has 1 atom stereocenters. The molecule has 2 aliphatic heterocycles. The minimum atomic E-state index is -0.975. The number of benzene rings is 2. The molecule has 1 unspecified atom stereocenters. The third-order valence-corrected chi connectivity index (χ3v) is 6.65. The summed E-state index contributed by atoms with van der Waals surface area (Å²) in [5.41, 5.74) is 5.91. The van der Waals surface area contributed by atoms with E-state index in [1.165, 1.54) is 4.90 Å². The smallest absolute Gasteiger partial charge is 0.251 e. The predicted octanol–water partition coefficient (Wildman–Crippen LogP) is 2.19. The molecule has 2 aromatic rings. The molecule has 4 rings (SSSR count). The van der Waals surface area contributed by atoms with Gasteiger partial charge in [0.2, 0.25) is 11.8 Å².